The number of carbonyl (C=O) groups is 2. The molecule has 0 bridgehead atoms. The van der Waals surface area contributed by atoms with E-state index in [2.05, 4.69) is 0 Å². The fraction of sp³-hybridized carbons (Fsp3) is 0.429. The number of aryl methyl sites for hydroxylation is 1. The number of carbonyl (C=O) groups excluding carboxylic acids is 2. The molecule has 1 fully saturated rings. The van der Waals surface area contributed by atoms with Crippen molar-refractivity contribution in [3.05, 3.63) is 35.9 Å². The summed E-state index contributed by atoms with van der Waals surface area (Å²) in [6.45, 7) is 1.53. The fourth-order valence-electron chi connectivity index (χ4n) is 2.23. The second kappa shape index (κ2) is 5.13. The molecule has 0 N–H and O–H groups in total. The lowest BCUT2D eigenvalue weighted by atomic mass is 9.93. The molecular formula is C14H16O3. The summed E-state index contributed by atoms with van der Waals surface area (Å²) in [7, 11) is 0. The normalized spacial score (nSPS) is 23.5. The van der Waals surface area contributed by atoms with Gasteiger partial charge in [0.25, 0.3) is 0 Å². The maximum Gasteiger partial charge on any atom is 0.306 e. The first-order valence-corrected chi connectivity index (χ1v) is 5.90. The van der Waals surface area contributed by atoms with Gasteiger partial charge >= 0.3 is 5.97 Å². The minimum absolute atomic E-state index is 0.0499. The summed E-state index contributed by atoms with van der Waals surface area (Å²) in [6.07, 6.45) is 1.57. The van der Waals surface area contributed by atoms with Crippen LogP contribution in [-0.2, 0) is 20.7 Å². The fourth-order valence-corrected chi connectivity index (χ4v) is 2.23. The second-order valence-corrected chi connectivity index (χ2v) is 4.47. The first-order valence-electron chi connectivity index (χ1n) is 5.90. The number of benzene rings is 1. The van der Waals surface area contributed by atoms with Crippen LogP contribution >= 0.6 is 0 Å². The van der Waals surface area contributed by atoms with E-state index in [0.717, 1.165) is 12.8 Å². The predicted molar refractivity (Wildman–Crippen MR) is 63.4 cm³/mol. The molecule has 1 aliphatic rings. The summed E-state index contributed by atoms with van der Waals surface area (Å²) >= 11 is 0. The number of rotatable bonds is 4. The molecule has 17 heavy (non-hydrogen) atoms. The van der Waals surface area contributed by atoms with E-state index in [9.17, 15) is 9.59 Å². The third-order valence-electron chi connectivity index (χ3n) is 3.20. The summed E-state index contributed by atoms with van der Waals surface area (Å²) in [5.74, 6) is -0.441. The quantitative estimate of drug-likeness (QED) is 0.747. The summed E-state index contributed by atoms with van der Waals surface area (Å²) in [4.78, 5) is 22.6. The van der Waals surface area contributed by atoms with E-state index >= 15 is 0 Å². The van der Waals surface area contributed by atoms with Gasteiger partial charge in [-0.3, -0.25) is 9.59 Å². The zero-order valence-electron chi connectivity index (χ0n) is 9.89. The Morgan fingerprint density at radius 2 is 2.06 bits per heavy atom. The van der Waals surface area contributed by atoms with E-state index in [1.54, 1.807) is 0 Å². The Bertz CT molecular complexity index is 411. The van der Waals surface area contributed by atoms with Crippen molar-refractivity contribution in [1.29, 1.82) is 0 Å². The molecular weight excluding hydrogens is 216 g/mol. The van der Waals surface area contributed by atoms with Gasteiger partial charge in [0, 0.05) is 0 Å². The summed E-state index contributed by atoms with van der Waals surface area (Å²) < 4.78 is 5.20. The maximum absolute atomic E-state index is 11.4. The van der Waals surface area contributed by atoms with Crippen molar-refractivity contribution in [2.75, 3.05) is 0 Å². The molecule has 1 heterocycles. The van der Waals surface area contributed by atoms with Crippen molar-refractivity contribution in [1.82, 2.24) is 0 Å². The molecule has 1 aliphatic heterocycles. The van der Waals surface area contributed by atoms with E-state index in [-0.39, 0.29) is 30.2 Å². The lowest BCUT2D eigenvalue weighted by Gasteiger charge is -2.14. The number of hydrogen-bond acceptors (Lipinski definition) is 3. The van der Waals surface area contributed by atoms with E-state index in [0.29, 0.717) is 0 Å². The minimum Gasteiger partial charge on any atom is -0.462 e. The number of Topliss-reactive ketones (excluding diaryl/α,β-unsaturated/α-hetero) is 1. The lowest BCUT2D eigenvalue weighted by molar-refractivity contribution is -0.141. The largest absolute Gasteiger partial charge is 0.462 e. The van der Waals surface area contributed by atoms with Gasteiger partial charge in [0.15, 0.2) is 0 Å². The van der Waals surface area contributed by atoms with Crippen LogP contribution in [0.5, 0.6) is 0 Å². The third-order valence-corrected chi connectivity index (χ3v) is 3.20. The Labute approximate surface area is 101 Å². The lowest BCUT2D eigenvalue weighted by Crippen LogP contribution is -2.22. The molecule has 0 unspecified atom stereocenters. The predicted octanol–water partition coefficient (Wildman–Crippen LogP) is 2.14. The molecule has 0 radical (unpaired) electrons. The van der Waals surface area contributed by atoms with Gasteiger partial charge in [0.2, 0.25) is 0 Å². The molecule has 3 heteroatoms. The SMILES string of the molecule is CC(=O)[C@@H]1CC(=O)O[C@H]1CCc1ccccc1. The molecule has 0 aliphatic carbocycles. The zero-order valence-corrected chi connectivity index (χ0v) is 9.89. The first kappa shape index (κ1) is 11.8. The number of ketones is 1. The number of esters is 1. The summed E-state index contributed by atoms with van der Waals surface area (Å²) in [6, 6.07) is 10.0. The van der Waals surface area contributed by atoms with Crippen LogP contribution in [0.4, 0.5) is 0 Å². The average molecular weight is 232 g/mol. The number of ether oxygens (including phenoxy) is 1. The minimum atomic E-state index is -0.247. The van der Waals surface area contributed by atoms with Crippen molar-refractivity contribution < 1.29 is 14.3 Å². The van der Waals surface area contributed by atoms with E-state index in [1.165, 1.54) is 12.5 Å². The van der Waals surface area contributed by atoms with Crippen molar-refractivity contribution in [3.63, 3.8) is 0 Å². The monoisotopic (exact) mass is 232 g/mol. The van der Waals surface area contributed by atoms with Gasteiger partial charge in [-0.1, -0.05) is 30.3 Å². The summed E-state index contributed by atoms with van der Waals surface area (Å²) in [5, 5.41) is 0. The van der Waals surface area contributed by atoms with Crippen molar-refractivity contribution in [2.24, 2.45) is 5.92 Å². The Morgan fingerprint density at radius 3 is 2.71 bits per heavy atom. The van der Waals surface area contributed by atoms with Gasteiger partial charge in [-0.25, -0.2) is 0 Å². The average Bonchev–Trinajstić information content (AvgIpc) is 2.69. The van der Waals surface area contributed by atoms with Crippen LogP contribution < -0.4 is 0 Å². The Balaban J connectivity index is 1.94. The smallest absolute Gasteiger partial charge is 0.306 e. The molecule has 0 aromatic heterocycles. The topological polar surface area (TPSA) is 43.4 Å². The van der Waals surface area contributed by atoms with Gasteiger partial charge in [0.1, 0.15) is 11.9 Å². The highest BCUT2D eigenvalue weighted by Gasteiger charge is 2.37. The zero-order chi connectivity index (χ0) is 12.3. The van der Waals surface area contributed by atoms with E-state index < -0.39 is 0 Å². The Kier molecular flexibility index (Phi) is 3.57. The highest BCUT2D eigenvalue weighted by atomic mass is 16.5. The number of cyclic esters (lactones) is 1. The standard InChI is InChI=1S/C14H16O3/c1-10(15)12-9-14(16)17-13(12)8-7-11-5-3-2-4-6-11/h2-6,12-13H,7-9H2,1H3/t12-,13-/m0/s1. The van der Waals surface area contributed by atoms with Crippen molar-refractivity contribution >= 4 is 11.8 Å². The van der Waals surface area contributed by atoms with Crippen LogP contribution in [0.3, 0.4) is 0 Å². The van der Waals surface area contributed by atoms with Gasteiger partial charge in [-0.15, -0.1) is 0 Å². The molecule has 2 rings (SSSR count). The molecule has 1 saturated heterocycles. The van der Waals surface area contributed by atoms with Gasteiger partial charge < -0.3 is 4.74 Å². The third kappa shape index (κ3) is 2.93. The Morgan fingerprint density at radius 1 is 1.35 bits per heavy atom. The molecule has 0 spiro atoms. The molecule has 1 aromatic rings. The van der Waals surface area contributed by atoms with Crippen LogP contribution in [0.15, 0.2) is 30.3 Å². The van der Waals surface area contributed by atoms with Crippen molar-refractivity contribution in [3.8, 4) is 0 Å². The molecule has 1 aromatic carbocycles. The van der Waals surface area contributed by atoms with Gasteiger partial charge in [-0.2, -0.15) is 0 Å². The molecule has 3 nitrogen and oxygen atoms in total. The molecule has 2 atom stereocenters. The van der Waals surface area contributed by atoms with Gasteiger partial charge in [0.05, 0.1) is 12.3 Å². The van der Waals surface area contributed by atoms with Crippen molar-refractivity contribution in [2.45, 2.75) is 32.3 Å². The van der Waals surface area contributed by atoms with Crippen LogP contribution in [0.1, 0.15) is 25.3 Å². The summed E-state index contributed by atoms with van der Waals surface area (Å²) in [5.41, 5.74) is 1.21. The second-order valence-electron chi connectivity index (χ2n) is 4.47. The molecule has 90 valence electrons. The molecule has 0 saturated carbocycles. The van der Waals surface area contributed by atoms with Crippen LogP contribution in [0, 0.1) is 5.92 Å². The number of hydrogen-bond donors (Lipinski definition) is 0. The van der Waals surface area contributed by atoms with E-state index in [1.807, 2.05) is 30.3 Å². The Hall–Kier alpha value is -1.64. The van der Waals surface area contributed by atoms with Crippen LogP contribution in [0.25, 0.3) is 0 Å². The highest BCUT2D eigenvalue weighted by Crippen LogP contribution is 2.26. The van der Waals surface area contributed by atoms with Gasteiger partial charge in [-0.05, 0) is 25.3 Å². The molecule has 0 amide bonds. The van der Waals surface area contributed by atoms with Crippen LogP contribution in [-0.4, -0.2) is 17.9 Å². The van der Waals surface area contributed by atoms with E-state index in [4.69, 9.17) is 4.74 Å². The maximum atomic E-state index is 11.4. The highest BCUT2D eigenvalue weighted by molar-refractivity contribution is 5.86. The first-order chi connectivity index (χ1) is 8.16. The van der Waals surface area contributed by atoms with Crippen LogP contribution in [0.2, 0.25) is 0 Å².